The van der Waals surface area contributed by atoms with Crippen molar-refractivity contribution in [1.29, 1.82) is 0 Å². The predicted molar refractivity (Wildman–Crippen MR) is 70.6 cm³/mol. The van der Waals surface area contributed by atoms with Gasteiger partial charge in [0.1, 0.15) is 5.52 Å². The molecule has 0 aliphatic heterocycles. The highest BCUT2D eigenvalue weighted by molar-refractivity contribution is 5.76. The zero-order valence-corrected chi connectivity index (χ0v) is 10.6. The van der Waals surface area contributed by atoms with Crippen LogP contribution in [0.3, 0.4) is 0 Å². The summed E-state index contributed by atoms with van der Waals surface area (Å²) in [6, 6.07) is 7.66. The minimum Gasteiger partial charge on any atom is -0.395 e. The molecule has 0 amide bonds. The Morgan fingerprint density at radius 3 is 2.89 bits per heavy atom. The maximum Gasteiger partial charge on any atom is 0.278 e. The Kier molecular flexibility index (Phi) is 3.27. The van der Waals surface area contributed by atoms with Gasteiger partial charge in [0.2, 0.25) is 0 Å². The normalized spacial score (nSPS) is 15.3. The fraction of sp³-hybridized carbons (Fsp3) is 0.462. The molecule has 0 saturated heterocycles. The highest BCUT2D eigenvalue weighted by Crippen LogP contribution is 2.26. The van der Waals surface area contributed by atoms with E-state index in [4.69, 9.17) is 5.11 Å². The summed E-state index contributed by atoms with van der Waals surface area (Å²) in [6.45, 7) is 1.04. The zero-order valence-electron chi connectivity index (χ0n) is 10.6. The van der Waals surface area contributed by atoms with Crippen molar-refractivity contribution in [1.82, 2.24) is 19.9 Å². The minimum absolute atomic E-state index is 0.0895. The number of nitrogens with zero attached hydrogens (tertiary/aromatic N) is 4. The second-order valence-electron chi connectivity index (χ2n) is 4.82. The van der Waals surface area contributed by atoms with Crippen molar-refractivity contribution in [2.24, 2.45) is 0 Å². The molecule has 19 heavy (non-hydrogen) atoms. The summed E-state index contributed by atoms with van der Waals surface area (Å²) < 4.78 is 1.37. The Morgan fingerprint density at radius 2 is 2.16 bits per heavy atom. The SMILES string of the molecule is O=c1c2ccccc2nnn1CN(CCO)C1CC1. The molecule has 1 saturated carbocycles. The second-order valence-corrected chi connectivity index (χ2v) is 4.82. The van der Waals surface area contributed by atoms with Gasteiger partial charge in [-0.15, -0.1) is 5.10 Å². The Hall–Kier alpha value is -1.79. The van der Waals surface area contributed by atoms with E-state index in [1.807, 2.05) is 12.1 Å². The molecule has 1 aliphatic rings. The lowest BCUT2D eigenvalue weighted by atomic mass is 10.2. The standard InChI is InChI=1S/C13H16N4O2/c18-8-7-16(10-5-6-10)9-17-13(19)11-3-1-2-4-12(11)14-15-17/h1-4,10,18H,5-9H2. The van der Waals surface area contributed by atoms with Crippen molar-refractivity contribution in [3.8, 4) is 0 Å². The van der Waals surface area contributed by atoms with Crippen molar-refractivity contribution in [2.75, 3.05) is 13.2 Å². The lowest BCUT2D eigenvalue weighted by molar-refractivity contribution is 0.146. The van der Waals surface area contributed by atoms with Crippen LogP contribution in [0.2, 0.25) is 0 Å². The van der Waals surface area contributed by atoms with Gasteiger partial charge in [0.25, 0.3) is 5.56 Å². The van der Waals surface area contributed by atoms with Crippen LogP contribution in [0.15, 0.2) is 29.1 Å². The molecule has 1 aromatic carbocycles. The molecule has 1 fully saturated rings. The quantitative estimate of drug-likeness (QED) is 0.832. The fourth-order valence-electron chi connectivity index (χ4n) is 2.22. The third-order valence-corrected chi connectivity index (χ3v) is 3.40. The molecule has 0 spiro atoms. The molecule has 1 aromatic heterocycles. The van der Waals surface area contributed by atoms with E-state index in [1.54, 1.807) is 12.1 Å². The van der Waals surface area contributed by atoms with Gasteiger partial charge in [-0.05, 0) is 25.0 Å². The molecule has 0 bridgehead atoms. The molecule has 2 aromatic rings. The van der Waals surface area contributed by atoms with Gasteiger partial charge in [-0.2, -0.15) is 4.68 Å². The zero-order chi connectivity index (χ0) is 13.2. The van der Waals surface area contributed by atoms with E-state index >= 15 is 0 Å². The average molecular weight is 260 g/mol. The molecule has 0 atom stereocenters. The van der Waals surface area contributed by atoms with Crippen LogP contribution in [-0.2, 0) is 6.67 Å². The largest absolute Gasteiger partial charge is 0.395 e. The van der Waals surface area contributed by atoms with Crippen LogP contribution in [0.4, 0.5) is 0 Å². The van der Waals surface area contributed by atoms with Gasteiger partial charge in [0, 0.05) is 12.6 Å². The summed E-state index contributed by atoms with van der Waals surface area (Å²) in [5.74, 6) is 0. The number of hydrogen-bond acceptors (Lipinski definition) is 5. The maximum absolute atomic E-state index is 12.3. The van der Waals surface area contributed by atoms with Gasteiger partial charge in [-0.1, -0.05) is 17.3 Å². The molecule has 0 unspecified atom stereocenters. The first-order chi connectivity index (χ1) is 9.29. The molecule has 1 heterocycles. The summed E-state index contributed by atoms with van der Waals surface area (Å²) in [5, 5.41) is 17.7. The smallest absolute Gasteiger partial charge is 0.278 e. The van der Waals surface area contributed by atoms with Crippen LogP contribution in [0.1, 0.15) is 12.8 Å². The third kappa shape index (κ3) is 2.50. The van der Waals surface area contributed by atoms with Gasteiger partial charge in [-0.25, -0.2) is 0 Å². The Balaban J connectivity index is 1.92. The van der Waals surface area contributed by atoms with Crippen LogP contribution >= 0.6 is 0 Å². The number of aliphatic hydroxyl groups is 1. The first kappa shape index (κ1) is 12.3. The summed E-state index contributed by atoms with van der Waals surface area (Å²) in [6.07, 6.45) is 2.24. The van der Waals surface area contributed by atoms with Crippen LogP contribution in [0, 0.1) is 0 Å². The van der Waals surface area contributed by atoms with E-state index in [0.717, 1.165) is 12.8 Å². The van der Waals surface area contributed by atoms with Gasteiger partial charge in [0.15, 0.2) is 0 Å². The number of fused-ring (bicyclic) bond motifs is 1. The van der Waals surface area contributed by atoms with Gasteiger partial charge < -0.3 is 5.11 Å². The summed E-state index contributed by atoms with van der Waals surface area (Å²) in [7, 11) is 0. The first-order valence-electron chi connectivity index (χ1n) is 6.47. The van der Waals surface area contributed by atoms with Crippen LogP contribution in [0.5, 0.6) is 0 Å². The summed E-state index contributed by atoms with van der Waals surface area (Å²) in [5.41, 5.74) is 0.484. The third-order valence-electron chi connectivity index (χ3n) is 3.40. The number of aliphatic hydroxyl groups excluding tert-OH is 1. The van der Waals surface area contributed by atoms with Crippen LogP contribution in [0.25, 0.3) is 10.9 Å². The number of rotatable bonds is 5. The predicted octanol–water partition coefficient (Wildman–Crippen LogP) is 0.206. The molecule has 1 aliphatic carbocycles. The molecule has 0 radical (unpaired) electrons. The van der Waals surface area contributed by atoms with Gasteiger partial charge in [-0.3, -0.25) is 9.69 Å². The monoisotopic (exact) mass is 260 g/mol. The van der Waals surface area contributed by atoms with Crippen molar-refractivity contribution in [3.63, 3.8) is 0 Å². The van der Waals surface area contributed by atoms with Crippen molar-refractivity contribution in [3.05, 3.63) is 34.6 Å². The average Bonchev–Trinajstić information content (AvgIpc) is 3.26. The first-order valence-corrected chi connectivity index (χ1v) is 6.47. The van der Waals surface area contributed by atoms with Crippen LogP contribution < -0.4 is 5.56 Å². The molecule has 3 rings (SSSR count). The topological polar surface area (TPSA) is 71.2 Å². The Labute approximate surface area is 110 Å². The summed E-state index contributed by atoms with van der Waals surface area (Å²) >= 11 is 0. The molecule has 6 nitrogen and oxygen atoms in total. The lowest BCUT2D eigenvalue weighted by Gasteiger charge is -2.20. The number of benzene rings is 1. The summed E-state index contributed by atoms with van der Waals surface area (Å²) in [4.78, 5) is 14.4. The van der Waals surface area contributed by atoms with E-state index in [2.05, 4.69) is 15.2 Å². The van der Waals surface area contributed by atoms with Gasteiger partial charge in [0.05, 0.1) is 18.7 Å². The highest BCUT2D eigenvalue weighted by Gasteiger charge is 2.29. The highest BCUT2D eigenvalue weighted by atomic mass is 16.3. The molecular formula is C13H16N4O2. The van der Waals surface area contributed by atoms with Crippen LogP contribution in [-0.4, -0.2) is 44.2 Å². The minimum atomic E-state index is -0.130. The van der Waals surface area contributed by atoms with Crippen molar-refractivity contribution in [2.45, 2.75) is 25.6 Å². The molecule has 1 N–H and O–H groups in total. The van der Waals surface area contributed by atoms with Crippen molar-refractivity contribution >= 4 is 10.9 Å². The number of hydrogen-bond donors (Lipinski definition) is 1. The molecule has 6 heteroatoms. The van der Waals surface area contributed by atoms with E-state index in [9.17, 15) is 4.79 Å². The second kappa shape index (κ2) is 5.07. The maximum atomic E-state index is 12.3. The van der Waals surface area contributed by atoms with Crippen molar-refractivity contribution < 1.29 is 5.11 Å². The molecule has 100 valence electrons. The van der Waals surface area contributed by atoms with E-state index in [0.29, 0.717) is 30.2 Å². The van der Waals surface area contributed by atoms with E-state index in [1.165, 1.54) is 4.68 Å². The number of aromatic nitrogens is 3. The fourth-order valence-corrected chi connectivity index (χ4v) is 2.22. The Morgan fingerprint density at radius 1 is 1.37 bits per heavy atom. The van der Waals surface area contributed by atoms with E-state index in [-0.39, 0.29) is 12.2 Å². The lowest BCUT2D eigenvalue weighted by Crippen LogP contribution is -2.37. The van der Waals surface area contributed by atoms with Gasteiger partial charge >= 0.3 is 0 Å². The van der Waals surface area contributed by atoms with E-state index < -0.39 is 0 Å². The Bertz CT molecular complexity index is 636. The molecular weight excluding hydrogens is 244 g/mol.